The molecule has 6 rings (SSSR count). The normalized spacial score (nSPS) is 15.5. The highest BCUT2D eigenvalue weighted by Gasteiger charge is 2.57. The summed E-state index contributed by atoms with van der Waals surface area (Å²) in [6, 6.07) is 34.2. The Labute approximate surface area is 248 Å². The summed E-state index contributed by atoms with van der Waals surface area (Å²) >= 11 is 0. The predicted octanol–water partition coefficient (Wildman–Crippen LogP) is 6.96. The molecule has 1 aliphatic heterocycles. The van der Waals surface area contributed by atoms with E-state index in [0.29, 0.717) is 17.3 Å². The van der Waals surface area contributed by atoms with Crippen molar-refractivity contribution in [2.24, 2.45) is 0 Å². The van der Waals surface area contributed by atoms with E-state index in [1.165, 1.54) is 16.4 Å². The number of carbonyl (C=O) groups excluding carboxylic acids is 1. The zero-order chi connectivity index (χ0) is 30.2. The number of halogens is 2. The van der Waals surface area contributed by atoms with E-state index in [2.05, 4.69) is 10.6 Å². The summed E-state index contributed by atoms with van der Waals surface area (Å²) in [5, 5.41) is 5.32. The van der Waals surface area contributed by atoms with Crippen molar-refractivity contribution in [1.82, 2.24) is 5.32 Å². The molecule has 9 heteroatoms. The van der Waals surface area contributed by atoms with Gasteiger partial charge >= 0.3 is 6.03 Å². The Hall–Kier alpha value is -5.02. The Kier molecular flexibility index (Phi) is 7.19. The first-order valence-electron chi connectivity index (χ1n) is 13.6. The van der Waals surface area contributed by atoms with Crippen LogP contribution in [0, 0.1) is 18.6 Å². The highest BCUT2D eigenvalue weighted by atomic mass is 32.2. The van der Waals surface area contributed by atoms with Crippen LogP contribution in [-0.2, 0) is 15.4 Å². The SMILES string of the molecule is Cc1ccc(S(=O)(=O)N2c3ccccc3C(c3ccccc3)(c3ccccc3)C2NC(=O)Nc2ccc(F)cc2F)cc1. The fourth-order valence-electron chi connectivity index (χ4n) is 5.79. The summed E-state index contributed by atoms with van der Waals surface area (Å²) in [4.78, 5) is 13.7. The van der Waals surface area contributed by atoms with Crippen molar-refractivity contribution in [3.05, 3.63) is 161 Å². The molecule has 0 saturated carbocycles. The number of para-hydroxylation sites is 1. The molecule has 43 heavy (non-hydrogen) atoms. The molecule has 1 aliphatic rings. The third kappa shape index (κ3) is 4.81. The molecule has 2 amide bonds. The third-order valence-corrected chi connectivity index (χ3v) is 9.49. The standard InChI is InChI=1S/C34H27F2N3O3S/c1-23-16-19-27(20-17-23)43(41,42)39-31-15-9-8-14-28(31)34(24-10-4-2-5-11-24,25-12-6-3-7-13-25)32(39)38-33(40)37-30-21-18-26(35)22-29(30)36/h2-22,32H,1H3,(H2,37,38,40). The molecular formula is C34H27F2N3O3S. The van der Waals surface area contributed by atoms with E-state index in [9.17, 15) is 22.0 Å². The molecular weight excluding hydrogens is 568 g/mol. The molecule has 0 aliphatic carbocycles. The molecule has 0 saturated heterocycles. The minimum Gasteiger partial charge on any atom is -0.315 e. The largest absolute Gasteiger partial charge is 0.321 e. The van der Waals surface area contributed by atoms with Gasteiger partial charge in [-0.3, -0.25) is 0 Å². The Morgan fingerprint density at radius 1 is 0.767 bits per heavy atom. The molecule has 0 radical (unpaired) electrons. The molecule has 6 nitrogen and oxygen atoms in total. The molecule has 0 bridgehead atoms. The number of hydrogen-bond donors (Lipinski definition) is 2. The van der Waals surface area contributed by atoms with Gasteiger partial charge < -0.3 is 10.6 Å². The van der Waals surface area contributed by atoms with E-state index in [-0.39, 0.29) is 10.6 Å². The lowest BCUT2D eigenvalue weighted by Gasteiger charge is -2.40. The van der Waals surface area contributed by atoms with Gasteiger partial charge in [-0.05, 0) is 53.9 Å². The first-order chi connectivity index (χ1) is 20.7. The number of rotatable bonds is 6. The summed E-state index contributed by atoms with van der Waals surface area (Å²) in [6.45, 7) is 1.86. The molecule has 2 N–H and O–H groups in total. The van der Waals surface area contributed by atoms with Crippen molar-refractivity contribution in [1.29, 1.82) is 0 Å². The Bertz CT molecular complexity index is 1860. The fraction of sp³-hybridized carbons (Fsp3) is 0.0882. The average molecular weight is 596 g/mol. The summed E-state index contributed by atoms with van der Waals surface area (Å²) < 4.78 is 58.5. The van der Waals surface area contributed by atoms with Gasteiger partial charge in [0.05, 0.1) is 21.7 Å². The van der Waals surface area contributed by atoms with E-state index in [4.69, 9.17) is 0 Å². The number of anilines is 2. The fourth-order valence-corrected chi connectivity index (χ4v) is 7.40. The third-order valence-electron chi connectivity index (χ3n) is 7.69. The monoisotopic (exact) mass is 595 g/mol. The van der Waals surface area contributed by atoms with E-state index in [0.717, 1.165) is 28.8 Å². The van der Waals surface area contributed by atoms with Crippen molar-refractivity contribution >= 4 is 27.4 Å². The second kappa shape index (κ2) is 11.0. The summed E-state index contributed by atoms with van der Waals surface area (Å²) in [6.07, 6.45) is -1.25. The van der Waals surface area contributed by atoms with Crippen LogP contribution in [0.4, 0.5) is 25.0 Å². The number of sulfonamides is 1. The highest BCUT2D eigenvalue weighted by molar-refractivity contribution is 7.92. The van der Waals surface area contributed by atoms with Crippen LogP contribution < -0.4 is 14.9 Å². The number of urea groups is 1. The number of fused-ring (bicyclic) bond motifs is 1. The molecule has 1 atom stereocenters. The van der Waals surface area contributed by atoms with Crippen molar-refractivity contribution in [2.45, 2.75) is 23.4 Å². The zero-order valence-corrected chi connectivity index (χ0v) is 23.9. The minimum atomic E-state index is -4.27. The predicted molar refractivity (Wildman–Crippen MR) is 162 cm³/mol. The lowest BCUT2D eigenvalue weighted by molar-refractivity contribution is 0.246. The van der Waals surface area contributed by atoms with Gasteiger partial charge in [0.1, 0.15) is 17.8 Å². The maximum absolute atomic E-state index is 14.6. The van der Waals surface area contributed by atoms with Gasteiger partial charge in [0.2, 0.25) is 0 Å². The Balaban J connectivity index is 1.60. The summed E-state index contributed by atoms with van der Waals surface area (Å²) in [7, 11) is -4.27. The maximum atomic E-state index is 14.6. The molecule has 1 heterocycles. The maximum Gasteiger partial charge on any atom is 0.321 e. The van der Waals surface area contributed by atoms with E-state index in [1.807, 2.05) is 79.7 Å². The zero-order valence-electron chi connectivity index (χ0n) is 23.0. The van der Waals surface area contributed by atoms with Crippen LogP contribution in [0.1, 0.15) is 22.3 Å². The van der Waals surface area contributed by atoms with E-state index in [1.54, 1.807) is 24.3 Å². The number of nitrogens with zero attached hydrogens (tertiary/aromatic N) is 1. The van der Waals surface area contributed by atoms with Gasteiger partial charge in [0.15, 0.2) is 0 Å². The van der Waals surface area contributed by atoms with Crippen molar-refractivity contribution in [3.8, 4) is 0 Å². The number of aryl methyl sites for hydroxylation is 1. The first-order valence-corrected chi connectivity index (χ1v) is 15.0. The Morgan fingerprint density at radius 2 is 1.35 bits per heavy atom. The lowest BCUT2D eigenvalue weighted by Crippen LogP contribution is -2.59. The van der Waals surface area contributed by atoms with Crippen LogP contribution in [0.5, 0.6) is 0 Å². The molecule has 216 valence electrons. The van der Waals surface area contributed by atoms with Gasteiger partial charge in [0.25, 0.3) is 10.0 Å². The number of benzene rings is 5. The van der Waals surface area contributed by atoms with Crippen molar-refractivity contribution in [3.63, 3.8) is 0 Å². The second-order valence-electron chi connectivity index (χ2n) is 10.3. The first kappa shape index (κ1) is 28.1. The van der Waals surface area contributed by atoms with Crippen LogP contribution >= 0.6 is 0 Å². The second-order valence-corrected chi connectivity index (χ2v) is 12.1. The van der Waals surface area contributed by atoms with Crippen LogP contribution in [0.25, 0.3) is 0 Å². The molecule has 5 aromatic carbocycles. The van der Waals surface area contributed by atoms with Gasteiger partial charge in [-0.1, -0.05) is 96.6 Å². The molecule has 0 fully saturated rings. The quantitative estimate of drug-likeness (QED) is 0.223. The summed E-state index contributed by atoms with van der Waals surface area (Å²) in [5.41, 5.74) is 1.90. The van der Waals surface area contributed by atoms with Crippen LogP contribution in [0.2, 0.25) is 0 Å². The smallest absolute Gasteiger partial charge is 0.315 e. The van der Waals surface area contributed by atoms with Crippen LogP contribution in [0.15, 0.2) is 132 Å². The van der Waals surface area contributed by atoms with Gasteiger partial charge in [-0.25, -0.2) is 26.3 Å². The molecule has 0 aromatic heterocycles. The van der Waals surface area contributed by atoms with Crippen molar-refractivity contribution in [2.75, 3.05) is 9.62 Å². The van der Waals surface area contributed by atoms with Crippen LogP contribution in [0.3, 0.4) is 0 Å². The average Bonchev–Trinajstić information content (AvgIpc) is 3.30. The number of amides is 2. The van der Waals surface area contributed by atoms with E-state index < -0.39 is 39.3 Å². The van der Waals surface area contributed by atoms with Crippen molar-refractivity contribution < 1.29 is 22.0 Å². The lowest BCUT2D eigenvalue weighted by atomic mass is 9.69. The van der Waals surface area contributed by atoms with Gasteiger partial charge in [-0.2, -0.15) is 0 Å². The molecule has 0 spiro atoms. The number of nitrogens with one attached hydrogen (secondary N) is 2. The van der Waals surface area contributed by atoms with E-state index >= 15 is 0 Å². The number of carbonyl (C=O) groups is 1. The topological polar surface area (TPSA) is 78.5 Å². The minimum absolute atomic E-state index is 0.0432. The molecule has 5 aromatic rings. The van der Waals surface area contributed by atoms with Crippen LogP contribution in [-0.4, -0.2) is 20.6 Å². The molecule has 1 unspecified atom stereocenters. The number of hydrogen-bond acceptors (Lipinski definition) is 3. The Morgan fingerprint density at radius 3 is 1.95 bits per heavy atom. The van der Waals surface area contributed by atoms with Gasteiger partial charge in [-0.15, -0.1) is 0 Å². The van der Waals surface area contributed by atoms with Gasteiger partial charge in [0, 0.05) is 6.07 Å². The highest BCUT2D eigenvalue weighted by Crippen LogP contribution is 2.54. The summed E-state index contributed by atoms with van der Waals surface area (Å²) in [5.74, 6) is -1.76.